The lowest BCUT2D eigenvalue weighted by molar-refractivity contribution is -0.130. The number of hydrogen-bond acceptors (Lipinski definition) is 2. The van der Waals surface area contributed by atoms with Crippen molar-refractivity contribution < 1.29 is 4.79 Å². The van der Waals surface area contributed by atoms with Gasteiger partial charge in [0.05, 0.1) is 11.6 Å². The van der Waals surface area contributed by atoms with Gasteiger partial charge in [-0.3, -0.25) is 4.79 Å². The van der Waals surface area contributed by atoms with Gasteiger partial charge < -0.3 is 4.90 Å². The van der Waals surface area contributed by atoms with Crippen LogP contribution in [0.25, 0.3) is 0 Å². The van der Waals surface area contributed by atoms with E-state index in [-0.39, 0.29) is 0 Å². The summed E-state index contributed by atoms with van der Waals surface area (Å²) in [4.78, 5) is 13.8. The van der Waals surface area contributed by atoms with Gasteiger partial charge in [-0.15, -0.1) is 0 Å². The molecule has 0 radical (unpaired) electrons. The van der Waals surface area contributed by atoms with Gasteiger partial charge in [0.2, 0.25) is 5.91 Å². The fourth-order valence-electron chi connectivity index (χ4n) is 2.28. The Morgan fingerprint density at radius 3 is 2.67 bits per heavy atom. The summed E-state index contributed by atoms with van der Waals surface area (Å²) >= 11 is 0. The lowest BCUT2D eigenvalue weighted by atomic mass is 10.1. The predicted octanol–water partition coefficient (Wildman–Crippen LogP) is 2.50. The summed E-state index contributed by atoms with van der Waals surface area (Å²) in [5.41, 5.74) is 1.87. The molecule has 0 aliphatic carbocycles. The summed E-state index contributed by atoms with van der Waals surface area (Å²) < 4.78 is 0. The van der Waals surface area contributed by atoms with E-state index in [0.717, 1.165) is 32.4 Å². The first-order valence-corrected chi connectivity index (χ1v) is 6.56. The summed E-state index contributed by atoms with van der Waals surface area (Å²) in [7, 11) is 0. The van der Waals surface area contributed by atoms with Gasteiger partial charge in [-0.2, -0.15) is 5.26 Å². The maximum Gasteiger partial charge on any atom is 0.222 e. The summed E-state index contributed by atoms with van der Waals surface area (Å²) in [6, 6.07) is 9.72. The van der Waals surface area contributed by atoms with E-state index in [2.05, 4.69) is 6.07 Å². The van der Waals surface area contributed by atoms with Crippen molar-refractivity contribution in [1.29, 1.82) is 5.26 Å². The summed E-state index contributed by atoms with van der Waals surface area (Å²) in [5, 5.41) is 8.73. The lowest BCUT2D eigenvalue weighted by Crippen LogP contribution is -2.32. The minimum absolute atomic E-state index is 0.293. The minimum Gasteiger partial charge on any atom is -0.342 e. The van der Waals surface area contributed by atoms with Crippen molar-refractivity contribution in [3.8, 4) is 6.07 Å². The quantitative estimate of drug-likeness (QED) is 0.817. The first kappa shape index (κ1) is 12.6. The average Bonchev–Trinajstić information content (AvgIpc) is 2.62. The number of carbonyl (C=O) groups excluding carboxylic acids is 1. The second-order valence-corrected chi connectivity index (χ2v) is 4.75. The van der Waals surface area contributed by atoms with Gasteiger partial charge in [-0.05, 0) is 37.0 Å². The van der Waals surface area contributed by atoms with Gasteiger partial charge in [0.1, 0.15) is 0 Å². The topological polar surface area (TPSA) is 44.1 Å². The van der Waals surface area contributed by atoms with Crippen LogP contribution in [0.2, 0.25) is 0 Å². The van der Waals surface area contributed by atoms with Crippen molar-refractivity contribution in [1.82, 2.24) is 4.90 Å². The van der Waals surface area contributed by atoms with Crippen molar-refractivity contribution in [3.63, 3.8) is 0 Å². The minimum atomic E-state index is 0.293. The van der Waals surface area contributed by atoms with Gasteiger partial charge >= 0.3 is 0 Å². The molecule has 0 aromatic heterocycles. The first-order chi connectivity index (χ1) is 8.79. The molecule has 2 rings (SSSR count). The summed E-state index contributed by atoms with van der Waals surface area (Å²) in [6.45, 7) is 1.69. The highest BCUT2D eigenvalue weighted by Gasteiger charge is 2.15. The number of likely N-dealkylation sites (tertiary alicyclic amines) is 1. The van der Waals surface area contributed by atoms with Gasteiger partial charge in [0.25, 0.3) is 0 Å². The molecule has 1 aliphatic rings. The van der Waals surface area contributed by atoms with E-state index < -0.39 is 0 Å². The van der Waals surface area contributed by atoms with Crippen molar-refractivity contribution in [2.75, 3.05) is 13.1 Å². The third-order valence-electron chi connectivity index (χ3n) is 3.42. The van der Waals surface area contributed by atoms with E-state index in [9.17, 15) is 4.79 Å². The molecule has 18 heavy (non-hydrogen) atoms. The zero-order valence-electron chi connectivity index (χ0n) is 10.6. The van der Waals surface area contributed by atoms with E-state index in [1.165, 1.54) is 12.0 Å². The van der Waals surface area contributed by atoms with Crippen LogP contribution >= 0.6 is 0 Å². The number of nitrogens with zero attached hydrogens (tertiary/aromatic N) is 2. The molecule has 94 valence electrons. The second kappa shape index (κ2) is 6.20. The molecule has 0 N–H and O–H groups in total. The zero-order valence-corrected chi connectivity index (χ0v) is 10.6. The van der Waals surface area contributed by atoms with Crippen LogP contribution in [0.3, 0.4) is 0 Å². The summed E-state index contributed by atoms with van der Waals surface area (Å²) in [5.74, 6) is 0.293. The molecular weight excluding hydrogens is 224 g/mol. The van der Waals surface area contributed by atoms with E-state index in [4.69, 9.17) is 5.26 Å². The van der Waals surface area contributed by atoms with Crippen molar-refractivity contribution >= 4 is 5.91 Å². The number of rotatable bonds is 3. The molecule has 0 saturated carbocycles. The monoisotopic (exact) mass is 242 g/mol. The Bertz CT molecular complexity index is 445. The zero-order chi connectivity index (χ0) is 12.8. The maximum atomic E-state index is 11.8. The first-order valence-electron chi connectivity index (χ1n) is 6.56. The van der Waals surface area contributed by atoms with Crippen molar-refractivity contribution in [2.45, 2.75) is 32.1 Å². The second-order valence-electron chi connectivity index (χ2n) is 4.75. The van der Waals surface area contributed by atoms with Crippen molar-refractivity contribution in [3.05, 3.63) is 35.4 Å². The highest BCUT2D eigenvalue weighted by Crippen LogP contribution is 2.12. The van der Waals surface area contributed by atoms with Crippen LogP contribution in [-0.4, -0.2) is 23.9 Å². The molecule has 1 aromatic carbocycles. The van der Waals surface area contributed by atoms with Crippen LogP contribution in [0.5, 0.6) is 0 Å². The molecule has 0 bridgehead atoms. The Kier molecular flexibility index (Phi) is 4.35. The number of carbonyl (C=O) groups is 1. The number of hydrogen-bond donors (Lipinski definition) is 0. The van der Waals surface area contributed by atoms with Crippen LogP contribution in [0, 0.1) is 11.3 Å². The number of benzene rings is 1. The number of nitriles is 1. The Morgan fingerprint density at radius 1 is 1.17 bits per heavy atom. The number of amides is 1. The van der Waals surface area contributed by atoms with E-state index in [1.54, 1.807) is 0 Å². The van der Waals surface area contributed by atoms with Gasteiger partial charge in [-0.1, -0.05) is 18.6 Å². The molecule has 1 amide bonds. The predicted molar refractivity (Wildman–Crippen MR) is 69.9 cm³/mol. The van der Waals surface area contributed by atoms with Crippen LogP contribution in [0.15, 0.2) is 24.3 Å². The molecule has 1 saturated heterocycles. The highest BCUT2D eigenvalue weighted by molar-refractivity contribution is 5.76. The molecule has 3 nitrogen and oxygen atoms in total. The third kappa shape index (κ3) is 3.33. The fraction of sp³-hybridized carbons (Fsp3) is 0.467. The van der Waals surface area contributed by atoms with Crippen LogP contribution < -0.4 is 0 Å². The fourth-order valence-corrected chi connectivity index (χ4v) is 2.28. The van der Waals surface area contributed by atoms with Crippen LogP contribution in [-0.2, 0) is 11.2 Å². The lowest BCUT2D eigenvalue weighted by Gasteiger charge is -2.20. The van der Waals surface area contributed by atoms with Gasteiger partial charge in [0, 0.05) is 19.5 Å². The Labute approximate surface area is 108 Å². The normalized spacial score (nSPS) is 16.2. The van der Waals surface area contributed by atoms with Crippen molar-refractivity contribution in [2.24, 2.45) is 0 Å². The molecular formula is C15H18N2O. The highest BCUT2D eigenvalue weighted by atomic mass is 16.2. The molecule has 1 fully saturated rings. The van der Waals surface area contributed by atoms with Crippen LogP contribution in [0.4, 0.5) is 0 Å². The van der Waals surface area contributed by atoms with E-state index in [0.29, 0.717) is 17.9 Å². The van der Waals surface area contributed by atoms with E-state index >= 15 is 0 Å². The summed E-state index contributed by atoms with van der Waals surface area (Å²) in [6.07, 6.45) is 4.90. The molecule has 1 aromatic rings. The smallest absolute Gasteiger partial charge is 0.222 e. The standard InChI is InChI=1S/C15H18N2O/c16-12-14-7-5-13(6-8-14)9-11-17-10-3-1-2-4-15(17)18/h5-8H,1-4,9-11H2. The molecule has 0 spiro atoms. The molecule has 1 heterocycles. The van der Waals surface area contributed by atoms with Gasteiger partial charge in [0.15, 0.2) is 0 Å². The third-order valence-corrected chi connectivity index (χ3v) is 3.42. The van der Waals surface area contributed by atoms with Gasteiger partial charge in [-0.25, -0.2) is 0 Å². The molecule has 0 atom stereocenters. The van der Waals surface area contributed by atoms with Crippen LogP contribution in [0.1, 0.15) is 36.8 Å². The maximum absolute atomic E-state index is 11.8. The SMILES string of the molecule is N#Cc1ccc(CCN2CCCCCC2=O)cc1. The Hall–Kier alpha value is -1.82. The molecule has 1 aliphatic heterocycles. The van der Waals surface area contributed by atoms with E-state index in [1.807, 2.05) is 29.2 Å². The molecule has 0 unspecified atom stereocenters. The molecule has 3 heteroatoms. The average molecular weight is 242 g/mol. The largest absolute Gasteiger partial charge is 0.342 e. The Morgan fingerprint density at radius 2 is 1.94 bits per heavy atom. The Balaban J connectivity index is 1.89.